The Labute approximate surface area is 121 Å². The van der Waals surface area contributed by atoms with Gasteiger partial charge in [-0.3, -0.25) is 0 Å². The average molecular weight is 289 g/mol. The fourth-order valence-corrected chi connectivity index (χ4v) is 2.32. The number of nitrogens with zero attached hydrogens (tertiary/aromatic N) is 2. The molecule has 1 aliphatic heterocycles. The number of benzene rings is 1. The van der Waals surface area contributed by atoms with E-state index in [1.54, 1.807) is 0 Å². The molecule has 1 N–H and O–H groups in total. The van der Waals surface area contributed by atoms with Crippen molar-refractivity contribution in [1.29, 1.82) is 0 Å². The molecule has 1 aliphatic rings. The number of fused-ring (bicyclic) bond motifs is 1. The molecule has 1 fully saturated rings. The van der Waals surface area contributed by atoms with E-state index in [0.717, 1.165) is 16.5 Å². The van der Waals surface area contributed by atoms with Gasteiger partial charge in [0.1, 0.15) is 17.1 Å². The summed E-state index contributed by atoms with van der Waals surface area (Å²) in [5, 5.41) is 11.5. The quantitative estimate of drug-likeness (QED) is 0.596. The molecule has 0 atom stereocenters. The molecule has 1 aromatic carbocycles. The van der Waals surface area contributed by atoms with Gasteiger partial charge in [-0.1, -0.05) is 23.4 Å². The second-order valence-electron chi connectivity index (χ2n) is 4.79. The van der Waals surface area contributed by atoms with Crippen molar-refractivity contribution in [2.24, 2.45) is 0 Å². The minimum atomic E-state index is -0.954. The van der Waals surface area contributed by atoms with Gasteiger partial charge in [-0.15, -0.1) is 0 Å². The van der Waals surface area contributed by atoms with Crippen molar-refractivity contribution in [2.45, 2.75) is 18.4 Å². The second kappa shape index (κ2) is 5.37. The SMILES string of the molecule is OC1(C#Cc2ccc3ncnc(Cl)c3c2)CCOCC1. The van der Waals surface area contributed by atoms with Crippen LogP contribution in [0.15, 0.2) is 24.5 Å². The highest BCUT2D eigenvalue weighted by molar-refractivity contribution is 6.34. The van der Waals surface area contributed by atoms with Gasteiger partial charge < -0.3 is 9.84 Å². The zero-order chi connectivity index (χ0) is 14.0. The maximum Gasteiger partial charge on any atom is 0.140 e. The molecule has 0 aliphatic carbocycles. The number of hydrogen-bond donors (Lipinski definition) is 1. The molecule has 0 unspecified atom stereocenters. The van der Waals surface area contributed by atoms with Crippen molar-refractivity contribution in [3.05, 3.63) is 35.2 Å². The second-order valence-corrected chi connectivity index (χ2v) is 5.15. The molecule has 3 rings (SSSR count). The topological polar surface area (TPSA) is 55.2 Å². The Morgan fingerprint density at radius 3 is 2.85 bits per heavy atom. The van der Waals surface area contributed by atoms with Crippen molar-refractivity contribution in [3.8, 4) is 11.8 Å². The predicted octanol–water partition coefficient (Wildman–Crippen LogP) is 2.18. The first-order valence-electron chi connectivity index (χ1n) is 6.40. The highest BCUT2D eigenvalue weighted by Gasteiger charge is 2.27. The molecule has 0 amide bonds. The Hall–Kier alpha value is -1.67. The van der Waals surface area contributed by atoms with E-state index >= 15 is 0 Å². The summed E-state index contributed by atoms with van der Waals surface area (Å²) >= 11 is 6.04. The van der Waals surface area contributed by atoms with E-state index in [2.05, 4.69) is 21.8 Å². The number of halogens is 1. The van der Waals surface area contributed by atoms with Gasteiger partial charge in [0.15, 0.2) is 0 Å². The standard InChI is InChI=1S/C15H13ClN2O2/c16-14-12-9-11(1-2-13(12)17-10-18-14)3-4-15(19)5-7-20-8-6-15/h1-2,9-10,19H,5-8H2. The molecule has 102 valence electrons. The molecular formula is C15H13ClN2O2. The first-order valence-corrected chi connectivity index (χ1v) is 6.78. The highest BCUT2D eigenvalue weighted by Crippen LogP contribution is 2.21. The third-order valence-corrected chi connectivity index (χ3v) is 3.65. The van der Waals surface area contributed by atoms with Gasteiger partial charge in [0, 0.05) is 23.8 Å². The van der Waals surface area contributed by atoms with Gasteiger partial charge in [0.05, 0.1) is 18.7 Å². The van der Waals surface area contributed by atoms with Crippen molar-refractivity contribution < 1.29 is 9.84 Å². The van der Waals surface area contributed by atoms with Crippen molar-refractivity contribution in [1.82, 2.24) is 9.97 Å². The first kappa shape index (κ1) is 13.3. The smallest absolute Gasteiger partial charge is 0.140 e. The number of aliphatic hydroxyl groups is 1. The monoisotopic (exact) mass is 288 g/mol. The minimum absolute atomic E-state index is 0.406. The Kier molecular flexibility index (Phi) is 3.58. The van der Waals surface area contributed by atoms with Gasteiger partial charge in [-0.25, -0.2) is 9.97 Å². The fraction of sp³-hybridized carbons (Fsp3) is 0.333. The molecule has 2 heterocycles. The van der Waals surface area contributed by atoms with Crippen LogP contribution in [-0.2, 0) is 4.74 Å². The van der Waals surface area contributed by atoms with Gasteiger partial charge in [-0.2, -0.15) is 0 Å². The molecule has 1 aromatic heterocycles. The van der Waals surface area contributed by atoms with Crippen LogP contribution in [0.5, 0.6) is 0 Å². The van der Waals surface area contributed by atoms with E-state index in [1.807, 2.05) is 18.2 Å². The Bertz CT molecular complexity index is 700. The normalized spacial score (nSPS) is 17.5. The summed E-state index contributed by atoms with van der Waals surface area (Å²) in [5.74, 6) is 5.94. The lowest BCUT2D eigenvalue weighted by molar-refractivity contribution is -0.0261. The van der Waals surface area contributed by atoms with Crippen molar-refractivity contribution in [3.63, 3.8) is 0 Å². The van der Waals surface area contributed by atoms with Crippen LogP contribution >= 0.6 is 11.6 Å². The minimum Gasteiger partial charge on any atom is -0.381 e. The Morgan fingerprint density at radius 1 is 1.25 bits per heavy atom. The summed E-state index contributed by atoms with van der Waals surface area (Å²) in [6, 6.07) is 5.55. The molecule has 0 spiro atoms. The van der Waals surface area contributed by atoms with Crippen LogP contribution in [0.25, 0.3) is 10.9 Å². The van der Waals surface area contributed by atoms with E-state index in [-0.39, 0.29) is 0 Å². The van der Waals surface area contributed by atoms with Crippen LogP contribution in [0, 0.1) is 11.8 Å². The lowest BCUT2D eigenvalue weighted by Gasteiger charge is -2.26. The number of aromatic nitrogens is 2. The zero-order valence-electron chi connectivity index (χ0n) is 10.8. The summed E-state index contributed by atoms with van der Waals surface area (Å²) in [6.45, 7) is 1.09. The van der Waals surface area contributed by atoms with Crippen LogP contribution in [0.1, 0.15) is 18.4 Å². The van der Waals surface area contributed by atoms with E-state index in [9.17, 15) is 5.11 Å². The molecule has 4 nitrogen and oxygen atoms in total. The Balaban J connectivity index is 1.93. The highest BCUT2D eigenvalue weighted by atomic mass is 35.5. The van der Waals surface area contributed by atoms with Gasteiger partial charge in [-0.05, 0) is 18.2 Å². The Morgan fingerprint density at radius 2 is 2.05 bits per heavy atom. The van der Waals surface area contributed by atoms with E-state index in [0.29, 0.717) is 31.2 Å². The lowest BCUT2D eigenvalue weighted by atomic mass is 9.95. The van der Waals surface area contributed by atoms with Gasteiger partial charge in [0.2, 0.25) is 0 Å². The van der Waals surface area contributed by atoms with Crippen LogP contribution in [0.2, 0.25) is 5.15 Å². The summed E-state index contributed by atoms with van der Waals surface area (Å²) in [4.78, 5) is 8.09. The van der Waals surface area contributed by atoms with Crippen LogP contribution in [0.4, 0.5) is 0 Å². The molecule has 0 radical (unpaired) electrons. The number of hydrogen-bond acceptors (Lipinski definition) is 4. The van der Waals surface area contributed by atoms with Gasteiger partial charge in [0.25, 0.3) is 0 Å². The maximum atomic E-state index is 10.3. The van der Waals surface area contributed by atoms with Crippen molar-refractivity contribution in [2.75, 3.05) is 13.2 Å². The maximum absolute atomic E-state index is 10.3. The molecule has 1 saturated heterocycles. The molecule has 5 heteroatoms. The summed E-state index contributed by atoms with van der Waals surface area (Å²) in [6.07, 6.45) is 2.51. The molecule has 0 saturated carbocycles. The largest absolute Gasteiger partial charge is 0.381 e. The summed E-state index contributed by atoms with van der Waals surface area (Å²) in [5.41, 5.74) is 0.610. The number of rotatable bonds is 0. The zero-order valence-corrected chi connectivity index (χ0v) is 11.5. The fourth-order valence-electron chi connectivity index (χ4n) is 2.13. The van der Waals surface area contributed by atoms with Crippen LogP contribution in [-0.4, -0.2) is 33.9 Å². The number of ether oxygens (including phenoxy) is 1. The molecular weight excluding hydrogens is 276 g/mol. The predicted molar refractivity (Wildman–Crippen MR) is 76.4 cm³/mol. The van der Waals surface area contributed by atoms with E-state index < -0.39 is 5.60 Å². The van der Waals surface area contributed by atoms with Gasteiger partial charge >= 0.3 is 0 Å². The third kappa shape index (κ3) is 2.75. The van der Waals surface area contributed by atoms with Crippen LogP contribution < -0.4 is 0 Å². The molecule has 0 bridgehead atoms. The summed E-state index contributed by atoms with van der Waals surface area (Å²) in [7, 11) is 0. The lowest BCUT2D eigenvalue weighted by Crippen LogP contribution is -2.34. The molecule has 2 aromatic rings. The molecule has 20 heavy (non-hydrogen) atoms. The summed E-state index contributed by atoms with van der Waals surface area (Å²) < 4.78 is 5.23. The third-order valence-electron chi connectivity index (χ3n) is 3.35. The van der Waals surface area contributed by atoms with E-state index in [1.165, 1.54) is 6.33 Å². The average Bonchev–Trinajstić information content (AvgIpc) is 2.47. The van der Waals surface area contributed by atoms with E-state index in [4.69, 9.17) is 16.3 Å². The van der Waals surface area contributed by atoms with Crippen LogP contribution in [0.3, 0.4) is 0 Å². The van der Waals surface area contributed by atoms with Crippen molar-refractivity contribution >= 4 is 22.5 Å². The first-order chi connectivity index (χ1) is 9.66.